The van der Waals surface area contributed by atoms with Crippen LogP contribution in [0.4, 0.5) is 0 Å². The number of hydrogen-bond donors (Lipinski definition) is 1. The maximum atomic E-state index is 5.49. The highest BCUT2D eigenvalue weighted by molar-refractivity contribution is 5.80. The van der Waals surface area contributed by atoms with Gasteiger partial charge >= 0.3 is 0 Å². The molecule has 84 valence electrons. The number of fused-ring (bicyclic) bond motifs is 1. The topological polar surface area (TPSA) is 34.4 Å². The number of benzene rings is 1. The van der Waals surface area contributed by atoms with E-state index >= 15 is 0 Å². The number of hydrogen-bond acceptors (Lipinski definition) is 3. The van der Waals surface area contributed by atoms with Gasteiger partial charge in [0.05, 0.1) is 12.9 Å². The molecule has 1 aromatic heterocycles. The van der Waals surface area contributed by atoms with Crippen molar-refractivity contribution in [1.82, 2.24) is 5.32 Å². The number of nitrogens with one attached hydrogen (secondary N) is 1. The molecule has 3 nitrogen and oxygen atoms in total. The van der Waals surface area contributed by atoms with Gasteiger partial charge in [-0.25, -0.2) is 0 Å². The van der Waals surface area contributed by atoms with E-state index in [2.05, 4.69) is 11.4 Å². The van der Waals surface area contributed by atoms with Crippen molar-refractivity contribution in [2.24, 2.45) is 0 Å². The predicted octanol–water partition coefficient (Wildman–Crippen LogP) is 2.31. The molecule has 1 saturated heterocycles. The van der Waals surface area contributed by atoms with E-state index in [1.54, 1.807) is 0 Å². The molecule has 1 N–H and O–H groups in total. The molecule has 0 saturated carbocycles. The molecule has 16 heavy (non-hydrogen) atoms. The molecule has 1 fully saturated rings. The lowest BCUT2D eigenvalue weighted by Gasteiger charge is -2.08. The average molecular weight is 217 g/mol. The Balaban J connectivity index is 1.73. The lowest BCUT2D eigenvalue weighted by Crippen LogP contribution is -2.28. The largest absolute Gasteiger partial charge is 0.464 e. The summed E-state index contributed by atoms with van der Waals surface area (Å²) in [5.74, 6) is 0. The summed E-state index contributed by atoms with van der Waals surface area (Å²) in [7, 11) is 0. The fourth-order valence-corrected chi connectivity index (χ4v) is 2.12. The summed E-state index contributed by atoms with van der Waals surface area (Å²) in [5.41, 5.74) is 2.18. The summed E-state index contributed by atoms with van der Waals surface area (Å²) >= 11 is 0. The van der Waals surface area contributed by atoms with Crippen molar-refractivity contribution in [3.63, 3.8) is 0 Å². The zero-order valence-corrected chi connectivity index (χ0v) is 9.11. The van der Waals surface area contributed by atoms with Gasteiger partial charge in [0, 0.05) is 30.1 Å². The Morgan fingerprint density at radius 3 is 3.12 bits per heavy atom. The molecule has 0 radical (unpaired) electrons. The van der Waals surface area contributed by atoms with Gasteiger partial charge in [0.25, 0.3) is 0 Å². The first-order valence-electron chi connectivity index (χ1n) is 5.70. The van der Waals surface area contributed by atoms with Crippen molar-refractivity contribution >= 4 is 11.0 Å². The van der Waals surface area contributed by atoms with Gasteiger partial charge in [-0.15, -0.1) is 0 Å². The standard InChI is InChI=1S/C13H15NO2/c1-2-4-13-12(3-1)10(8-16-13)7-14-11-5-6-15-9-11/h1-4,8,11,14H,5-7,9H2. The van der Waals surface area contributed by atoms with Crippen LogP contribution in [0, 0.1) is 0 Å². The van der Waals surface area contributed by atoms with Crippen molar-refractivity contribution in [3.05, 3.63) is 36.1 Å². The number of ether oxygens (including phenoxy) is 1. The SMILES string of the molecule is c1ccc2c(CNC3CCOC3)coc2c1. The van der Waals surface area contributed by atoms with Crippen LogP contribution >= 0.6 is 0 Å². The Hall–Kier alpha value is -1.32. The second-order valence-electron chi connectivity index (χ2n) is 4.20. The number of rotatable bonds is 3. The molecule has 1 aliphatic rings. The first-order valence-corrected chi connectivity index (χ1v) is 5.70. The molecule has 1 unspecified atom stereocenters. The van der Waals surface area contributed by atoms with E-state index in [-0.39, 0.29) is 0 Å². The molecule has 2 heterocycles. The summed E-state index contributed by atoms with van der Waals surface area (Å²) in [6.45, 7) is 2.56. The van der Waals surface area contributed by atoms with E-state index in [1.807, 2.05) is 24.5 Å². The van der Waals surface area contributed by atoms with Crippen molar-refractivity contribution in [3.8, 4) is 0 Å². The van der Waals surface area contributed by atoms with E-state index < -0.39 is 0 Å². The van der Waals surface area contributed by atoms with E-state index in [1.165, 1.54) is 10.9 Å². The van der Waals surface area contributed by atoms with E-state index in [0.29, 0.717) is 6.04 Å². The maximum Gasteiger partial charge on any atom is 0.134 e. The normalized spacial score (nSPS) is 20.6. The minimum Gasteiger partial charge on any atom is -0.464 e. The van der Waals surface area contributed by atoms with Gasteiger partial charge in [-0.3, -0.25) is 0 Å². The van der Waals surface area contributed by atoms with Crippen LogP contribution in [0.1, 0.15) is 12.0 Å². The molecule has 0 amide bonds. The third-order valence-electron chi connectivity index (χ3n) is 3.07. The zero-order valence-electron chi connectivity index (χ0n) is 9.11. The lowest BCUT2D eigenvalue weighted by molar-refractivity contribution is 0.190. The lowest BCUT2D eigenvalue weighted by atomic mass is 10.1. The highest BCUT2D eigenvalue weighted by atomic mass is 16.5. The summed E-state index contributed by atoms with van der Waals surface area (Å²) < 4.78 is 10.8. The molecule has 3 heteroatoms. The summed E-state index contributed by atoms with van der Waals surface area (Å²) in [4.78, 5) is 0. The fourth-order valence-electron chi connectivity index (χ4n) is 2.12. The van der Waals surface area contributed by atoms with Gasteiger partial charge in [-0.05, 0) is 12.5 Å². The van der Waals surface area contributed by atoms with Gasteiger partial charge in [0.15, 0.2) is 0 Å². The Labute approximate surface area is 94.4 Å². The molecular formula is C13H15NO2. The third-order valence-corrected chi connectivity index (χ3v) is 3.07. The predicted molar refractivity (Wildman–Crippen MR) is 62.3 cm³/mol. The molecule has 1 aliphatic heterocycles. The van der Waals surface area contributed by atoms with Gasteiger partial charge in [-0.2, -0.15) is 0 Å². The van der Waals surface area contributed by atoms with E-state index in [0.717, 1.165) is 31.8 Å². The second-order valence-corrected chi connectivity index (χ2v) is 4.20. The Kier molecular flexibility index (Phi) is 2.64. The third kappa shape index (κ3) is 1.84. The van der Waals surface area contributed by atoms with Gasteiger partial charge in [-0.1, -0.05) is 18.2 Å². The minimum absolute atomic E-state index is 0.494. The minimum atomic E-state index is 0.494. The maximum absolute atomic E-state index is 5.49. The first-order chi connectivity index (χ1) is 7.93. The highest BCUT2D eigenvalue weighted by Crippen LogP contribution is 2.20. The average Bonchev–Trinajstić information content (AvgIpc) is 2.96. The van der Waals surface area contributed by atoms with Crippen molar-refractivity contribution in [1.29, 1.82) is 0 Å². The molecule has 3 rings (SSSR count). The summed E-state index contributed by atoms with van der Waals surface area (Å²) in [6.07, 6.45) is 2.95. The summed E-state index contributed by atoms with van der Waals surface area (Å²) in [6, 6.07) is 8.63. The van der Waals surface area contributed by atoms with E-state index in [9.17, 15) is 0 Å². The molecule has 1 atom stereocenters. The number of para-hydroxylation sites is 1. The van der Waals surface area contributed by atoms with E-state index in [4.69, 9.17) is 9.15 Å². The molecular weight excluding hydrogens is 202 g/mol. The summed E-state index contributed by atoms with van der Waals surface area (Å²) in [5, 5.41) is 4.69. The fraction of sp³-hybridized carbons (Fsp3) is 0.385. The molecule has 2 aromatic rings. The van der Waals surface area contributed by atoms with Crippen LogP contribution in [0.25, 0.3) is 11.0 Å². The van der Waals surface area contributed by atoms with Crippen molar-refractivity contribution in [2.75, 3.05) is 13.2 Å². The Bertz CT molecular complexity index is 471. The second kappa shape index (κ2) is 4.28. The monoisotopic (exact) mass is 217 g/mol. The zero-order chi connectivity index (χ0) is 10.8. The molecule has 1 aromatic carbocycles. The first kappa shape index (κ1) is 9.87. The van der Waals surface area contributed by atoms with Crippen LogP contribution in [-0.2, 0) is 11.3 Å². The van der Waals surface area contributed by atoms with Crippen LogP contribution in [0.15, 0.2) is 34.9 Å². The smallest absolute Gasteiger partial charge is 0.134 e. The van der Waals surface area contributed by atoms with Crippen LogP contribution in [0.5, 0.6) is 0 Å². The molecule has 0 bridgehead atoms. The van der Waals surface area contributed by atoms with Crippen LogP contribution in [-0.4, -0.2) is 19.3 Å². The Morgan fingerprint density at radius 1 is 1.31 bits per heavy atom. The number of furan rings is 1. The molecule has 0 aliphatic carbocycles. The molecule has 0 spiro atoms. The van der Waals surface area contributed by atoms with Gasteiger partial charge < -0.3 is 14.5 Å². The van der Waals surface area contributed by atoms with Gasteiger partial charge in [0.1, 0.15) is 5.58 Å². The Morgan fingerprint density at radius 2 is 2.25 bits per heavy atom. The van der Waals surface area contributed by atoms with Crippen molar-refractivity contribution < 1.29 is 9.15 Å². The van der Waals surface area contributed by atoms with Crippen molar-refractivity contribution in [2.45, 2.75) is 19.0 Å². The van der Waals surface area contributed by atoms with Crippen LogP contribution in [0.3, 0.4) is 0 Å². The quantitative estimate of drug-likeness (QED) is 0.856. The van der Waals surface area contributed by atoms with Crippen LogP contribution in [0.2, 0.25) is 0 Å². The highest BCUT2D eigenvalue weighted by Gasteiger charge is 2.15. The van der Waals surface area contributed by atoms with Gasteiger partial charge in [0.2, 0.25) is 0 Å². The van der Waals surface area contributed by atoms with Crippen LogP contribution < -0.4 is 5.32 Å².